The van der Waals surface area contributed by atoms with Crippen LogP contribution in [0.2, 0.25) is 0 Å². The number of carboxylic acids is 1. The Bertz CT molecular complexity index is 546. The topological polar surface area (TPSA) is 46.5 Å². The van der Waals surface area contributed by atoms with Gasteiger partial charge in [-0.25, -0.2) is 4.79 Å². The van der Waals surface area contributed by atoms with E-state index in [0.717, 1.165) is 6.42 Å². The average Bonchev–Trinajstić information content (AvgIpc) is 2.47. The monoisotopic (exact) mass is 270 g/mol. The van der Waals surface area contributed by atoms with Gasteiger partial charge in [0.1, 0.15) is 5.75 Å². The van der Waals surface area contributed by atoms with Crippen LogP contribution in [0.3, 0.4) is 0 Å². The van der Waals surface area contributed by atoms with Gasteiger partial charge in [0.05, 0.1) is 0 Å². The van der Waals surface area contributed by atoms with Crippen molar-refractivity contribution in [1.82, 2.24) is 0 Å². The van der Waals surface area contributed by atoms with Crippen LogP contribution in [-0.2, 0) is 11.2 Å². The molecule has 0 aliphatic rings. The molecule has 3 nitrogen and oxygen atoms in total. The lowest BCUT2D eigenvalue weighted by Crippen LogP contribution is -2.25. The van der Waals surface area contributed by atoms with Crippen LogP contribution < -0.4 is 4.74 Å². The Kier molecular flexibility index (Phi) is 4.77. The second-order valence-electron chi connectivity index (χ2n) is 4.66. The number of hydrogen-bond acceptors (Lipinski definition) is 2. The predicted molar refractivity (Wildman–Crippen MR) is 78.0 cm³/mol. The van der Waals surface area contributed by atoms with Crippen LogP contribution in [-0.4, -0.2) is 17.2 Å². The summed E-state index contributed by atoms with van der Waals surface area (Å²) in [7, 11) is 0. The maximum absolute atomic E-state index is 10.9. The summed E-state index contributed by atoms with van der Waals surface area (Å²) in [5.74, 6) is -0.336. The molecule has 2 aromatic rings. The molecule has 0 amide bonds. The van der Waals surface area contributed by atoms with E-state index in [1.165, 1.54) is 11.1 Å². The Morgan fingerprint density at radius 1 is 1.05 bits per heavy atom. The average molecular weight is 270 g/mol. The maximum Gasteiger partial charge on any atom is 0.344 e. The van der Waals surface area contributed by atoms with E-state index in [0.29, 0.717) is 12.2 Å². The van der Waals surface area contributed by atoms with Gasteiger partial charge in [-0.3, -0.25) is 0 Å². The van der Waals surface area contributed by atoms with Crippen LogP contribution in [0.25, 0.3) is 0 Å². The lowest BCUT2D eigenvalue weighted by molar-refractivity contribution is -0.145. The highest BCUT2D eigenvalue weighted by atomic mass is 16.5. The molecule has 0 aliphatic carbocycles. The first kappa shape index (κ1) is 14.1. The van der Waals surface area contributed by atoms with Crippen LogP contribution in [0.4, 0.5) is 0 Å². The summed E-state index contributed by atoms with van der Waals surface area (Å²) in [5.41, 5.74) is 2.42. The minimum atomic E-state index is -0.930. The minimum Gasteiger partial charge on any atom is -0.479 e. The van der Waals surface area contributed by atoms with E-state index in [1.54, 1.807) is 6.92 Å². The van der Waals surface area contributed by atoms with Crippen LogP contribution in [0.1, 0.15) is 24.5 Å². The van der Waals surface area contributed by atoms with Crippen molar-refractivity contribution in [1.29, 1.82) is 0 Å². The molecule has 20 heavy (non-hydrogen) atoms. The molecule has 0 saturated heterocycles. The lowest BCUT2D eigenvalue weighted by atomic mass is 10.1. The van der Waals surface area contributed by atoms with Gasteiger partial charge in [0, 0.05) is 0 Å². The highest BCUT2D eigenvalue weighted by Crippen LogP contribution is 2.17. The van der Waals surface area contributed by atoms with Gasteiger partial charge in [-0.05, 0) is 36.1 Å². The lowest BCUT2D eigenvalue weighted by Gasteiger charge is -2.13. The predicted octanol–water partition coefficient (Wildman–Crippen LogP) is 3.52. The SMILES string of the molecule is CCC(Oc1ccc(Cc2ccccc2)cc1)C(=O)O. The Labute approximate surface area is 118 Å². The molecule has 0 heterocycles. The number of benzene rings is 2. The molecule has 0 aliphatic heterocycles. The quantitative estimate of drug-likeness (QED) is 0.873. The van der Waals surface area contributed by atoms with Crippen molar-refractivity contribution in [3.63, 3.8) is 0 Å². The first-order chi connectivity index (χ1) is 9.69. The van der Waals surface area contributed by atoms with Crippen molar-refractivity contribution in [2.24, 2.45) is 0 Å². The highest BCUT2D eigenvalue weighted by Gasteiger charge is 2.16. The van der Waals surface area contributed by atoms with Gasteiger partial charge < -0.3 is 9.84 Å². The van der Waals surface area contributed by atoms with Crippen LogP contribution in [0.5, 0.6) is 5.75 Å². The van der Waals surface area contributed by atoms with Crippen molar-refractivity contribution >= 4 is 5.97 Å². The molecule has 0 aromatic heterocycles. The number of hydrogen-bond donors (Lipinski definition) is 1. The summed E-state index contributed by atoms with van der Waals surface area (Å²) in [5, 5.41) is 8.96. The van der Waals surface area contributed by atoms with Crippen LogP contribution in [0.15, 0.2) is 54.6 Å². The number of aliphatic carboxylic acids is 1. The third-order valence-corrected chi connectivity index (χ3v) is 3.10. The second kappa shape index (κ2) is 6.75. The Balaban J connectivity index is 2.01. The summed E-state index contributed by atoms with van der Waals surface area (Å²) in [4.78, 5) is 10.9. The molecule has 3 heteroatoms. The fourth-order valence-electron chi connectivity index (χ4n) is 1.99. The standard InChI is InChI=1S/C17H18O3/c1-2-16(17(18)19)20-15-10-8-14(9-11-15)12-13-6-4-3-5-7-13/h3-11,16H,2,12H2,1H3,(H,18,19). The van der Waals surface area contributed by atoms with E-state index in [4.69, 9.17) is 9.84 Å². The molecular formula is C17H18O3. The van der Waals surface area contributed by atoms with Gasteiger partial charge in [-0.2, -0.15) is 0 Å². The first-order valence-corrected chi connectivity index (χ1v) is 6.71. The Morgan fingerprint density at radius 3 is 2.20 bits per heavy atom. The number of rotatable bonds is 6. The van der Waals surface area contributed by atoms with E-state index in [2.05, 4.69) is 12.1 Å². The molecule has 0 radical (unpaired) electrons. The van der Waals surface area contributed by atoms with Gasteiger partial charge >= 0.3 is 5.97 Å². The van der Waals surface area contributed by atoms with E-state index >= 15 is 0 Å². The molecule has 0 saturated carbocycles. The summed E-state index contributed by atoms with van der Waals surface area (Å²) in [6.45, 7) is 1.79. The van der Waals surface area contributed by atoms with Crippen LogP contribution >= 0.6 is 0 Å². The molecule has 104 valence electrons. The molecule has 1 unspecified atom stereocenters. The van der Waals surface area contributed by atoms with Crippen molar-refractivity contribution in [2.45, 2.75) is 25.9 Å². The zero-order valence-electron chi connectivity index (χ0n) is 11.5. The third-order valence-electron chi connectivity index (χ3n) is 3.10. The minimum absolute atomic E-state index is 0.446. The zero-order valence-corrected chi connectivity index (χ0v) is 11.5. The second-order valence-corrected chi connectivity index (χ2v) is 4.66. The van der Waals surface area contributed by atoms with Gasteiger partial charge in [0.15, 0.2) is 6.10 Å². The molecule has 2 rings (SSSR count). The largest absolute Gasteiger partial charge is 0.479 e. The fraction of sp³-hybridized carbons (Fsp3) is 0.235. The van der Waals surface area contributed by atoms with E-state index in [9.17, 15) is 4.79 Å². The third kappa shape index (κ3) is 3.85. The number of carboxylic acid groups (broad SMARTS) is 1. The van der Waals surface area contributed by atoms with Crippen molar-refractivity contribution < 1.29 is 14.6 Å². The van der Waals surface area contributed by atoms with Crippen LogP contribution in [0, 0.1) is 0 Å². The van der Waals surface area contributed by atoms with Gasteiger partial charge in [0.25, 0.3) is 0 Å². The molecule has 0 fully saturated rings. The number of carbonyl (C=O) groups is 1. The normalized spacial score (nSPS) is 11.8. The van der Waals surface area contributed by atoms with E-state index < -0.39 is 12.1 Å². The summed E-state index contributed by atoms with van der Waals surface area (Å²) >= 11 is 0. The van der Waals surface area contributed by atoms with Crippen molar-refractivity contribution in [3.8, 4) is 5.75 Å². The van der Waals surface area contributed by atoms with E-state index in [-0.39, 0.29) is 0 Å². The Hall–Kier alpha value is -2.29. The molecule has 1 atom stereocenters. The maximum atomic E-state index is 10.9. The molecule has 2 aromatic carbocycles. The summed E-state index contributed by atoms with van der Waals surface area (Å²) in [6, 6.07) is 17.8. The zero-order chi connectivity index (χ0) is 14.4. The molecule has 0 spiro atoms. The summed E-state index contributed by atoms with van der Waals surface area (Å²) < 4.78 is 5.43. The fourth-order valence-corrected chi connectivity index (χ4v) is 1.99. The smallest absolute Gasteiger partial charge is 0.344 e. The van der Waals surface area contributed by atoms with Crippen molar-refractivity contribution in [2.75, 3.05) is 0 Å². The first-order valence-electron chi connectivity index (χ1n) is 6.71. The van der Waals surface area contributed by atoms with Gasteiger partial charge in [0.2, 0.25) is 0 Å². The molecule has 0 bridgehead atoms. The van der Waals surface area contributed by atoms with Gasteiger partial charge in [-0.15, -0.1) is 0 Å². The Morgan fingerprint density at radius 2 is 1.65 bits per heavy atom. The van der Waals surface area contributed by atoms with Crippen molar-refractivity contribution in [3.05, 3.63) is 65.7 Å². The molecule has 1 N–H and O–H groups in total. The molecular weight excluding hydrogens is 252 g/mol. The van der Waals surface area contributed by atoms with Gasteiger partial charge in [-0.1, -0.05) is 49.4 Å². The summed E-state index contributed by atoms with van der Waals surface area (Å²) in [6.07, 6.45) is 0.521. The highest BCUT2D eigenvalue weighted by molar-refractivity contribution is 5.72. The van der Waals surface area contributed by atoms with E-state index in [1.807, 2.05) is 42.5 Å². The number of ether oxygens (including phenoxy) is 1.